The highest BCUT2D eigenvalue weighted by Gasteiger charge is 2.24. The second-order valence-corrected chi connectivity index (χ2v) is 7.22. The molecule has 0 saturated carbocycles. The third kappa shape index (κ3) is 5.60. The number of carbonyl (C=O) groups is 2. The highest BCUT2D eigenvalue weighted by atomic mass is 16.5. The summed E-state index contributed by atoms with van der Waals surface area (Å²) < 4.78 is 5.12. The average molecular weight is 374 g/mol. The number of nitrogens with zero attached hydrogens (tertiary/aromatic N) is 3. The number of ether oxygens (including phenoxy) is 1. The van der Waals surface area contributed by atoms with Crippen molar-refractivity contribution < 1.29 is 14.3 Å². The van der Waals surface area contributed by atoms with Crippen LogP contribution in [0.15, 0.2) is 24.3 Å². The molecule has 0 bridgehead atoms. The molecule has 2 aliphatic heterocycles. The molecule has 0 unspecified atom stereocenters. The molecule has 0 atom stereocenters. The van der Waals surface area contributed by atoms with Gasteiger partial charge in [0.2, 0.25) is 5.91 Å². The molecule has 2 heterocycles. The fourth-order valence-electron chi connectivity index (χ4n) is 3.60. The molecule has 0 radical (unpaired) electrons. The quantitative estimate of drug-likeness (QED) is 0.878. The standard InChI is InChI=1S/C20H30N4O3/c1-27-18-8-6-17(7-9-18)21-20(26)24-14-12-22(13-15-24)16-19(25)23-10-4-2-3-5-11-23/h6-9H,2-5,10-16H2,1H3,(H,21,26). The highest BCUT2D eigenvalue weighted by Crippen LogP contribution is 2.16. The summed E-state index contributed by atoms with van der Waals surface area (Å²) in [7, 11) is 1.62. The Morgan fingerprint density at radius 2 is 1.52 bits per heavy atom. The molecule has 3 amide bonds. The number of amides is 3. The van der Waals surface area contributed by atoms with E-state index in [4.69, 9.17) is 4.74 Å². The summed E-state index contributed by atoms with van der Waals surface area (Å²) in [4.78, 5) is 30.9. The van der Waals surface area contributed by atoms with Crippen molar-refractivity contribution in [1.29, 1.82) is 0 Å². The van der Waals surface area contributed by atoms with Crippen LogP contribution in [0.3, 0.4) is 0 Å². The van der Waals surface area contributed by atoms with Crippen LogP contribution in [0.5, 0.6) is 5.75 Å². The Hall–Kier alpha value is -2.28. The van der Waals surface area contributed by atoms with E-state index in [1.165, 1.54) is 12.8 Å². The molecule has 3 rings (SSSR count). The van der Waals surface area contributed by atoms with Gasteiger partial charge < -0.3 is 19.9 Å². The van der Waals surface area contributed by atoms with Crippen LogP contribution in [0, 0.1) is 0 Å². The number of carbonyl (C=O) groups excluding carboxylic acids is 2. The number of hydrogen-bond donors (Lipinski definition) is 1. The molecule has 0 aromatic heterocycles. The SMILES string of the molecule is COc1ccc(NC(=O)N2CCN(CC(=O)N3CCCCCC3)CC2)cc1. The van der Waals surface area contributed by atoms with Crippen LogP contribution in [-0.4, -0.2) is 79.6 Å². The number of hydrogen-bond acceptors (Lipinski definition) is 4. The van der Waals surface area contributed by atoms with Crippen molar-refractivity contribution in [3.8, 4) is 5.75 Å². The van der Waals surface area contributed by atoms with Crippen molar-refractivity contribution >= 4 is 17.6 Å². The van der Waals surface area contributed by atoms with E-state index in [2.05, 4.69) is 10.2 Å². The first-order chi connectivity index (χ1) is 13.2. The topological polar surface area (TPSA) is 65.1 Å². The van der Waals surface area contributed by atoms with Crippen LogP contribution in [0.25, 0.3) is 0 Å². The molecule has 1 aromatic carbocycles. The van der Waals surface area contributed by atoms with Crippen molar-refractivity contribution in [3.63, 3.8) is 0 Å². The van der Waals surface area contributed by atoms with Crippen molar-refractivity contribution in [3.05, 3.63) is 24.3 Å². The van der Waals surface area contributed by atoms with Gasteiger partial charge in [-0.15, -0.1) is 0 Å². The van der Waals surface area contributed by atoms with E-state index in [0.717, 1.165) is 50.5 Å². The molecule has 0 aliphatic carbocycles. The first-order valence-corrected chi connectivity index (χ1v) is 9.86. The number of likely N-dealkylation sites (tertiary alicyclic amines) is 1. The number of rotatable bonds is 4. The summed E-state index contributed by atoms with van der Waals surface area (Å²) in [6, 6.07) is 7.20. The van der Waals surface area contributed by atoms with Crippen LogP contribution < -0.4 is 10.1 Å². The molecule has 27 heavy (non-hydrogen) atoms. The van der Waals surface area contributed by atoms with E-state index in [1.54, 1.807) is 12.0 Å². The zero-order chi connectivity index (χ0) is 19.1. The fraction of sp³-hybridized carbons (Fsp3) is 0.600. The molecule has 2 saturated heterocycles. The largest absolute Gasteiger partial charge is 0.497 e. The van der Waals surface area contributed by atoms with Crippen LogP contribution >= 0.6 is 0 Å². The minimum atomic E-state index is -0.0985. The van der Waals surface area contributed by atoms with Crippen LogP contribution in [-0.2, 0) is 4.79 Å². The number of nitrogens with one attached hydrogen (secondary N) is 1. The Labute approximate surface area is 161 Å². The molecule has 1 aromatic rings. The smallest absolute Gasteiger partial charge is 0.321 e. The summed E-state index contributed by atoms with van der Waals surface area (Å²) in [5, 5.41) is 2.91. The Morgan fingerprint density at radius 3 is 2.11 bits per heavy atom. The third-order valence-corrected chi connectivity index (χ3v) is 5.32. The number of urea groups is 1. The second kappa shape index (κ2) is 9.60. The van der Waals surface area contributed by atoms with Crippen LogP contribution in [0.1, 0.15) is 25.7 Å². The van der Waals surface area contributed by atoms with Gasteiger partial charge in [0, 0.05) is 45.0 Å². The van der Waals surface area contributed by atoms with Gasteiger partial charge in [0.25, 0.3) is 0 Å². The van der Waals surface area contributed by atoms with Gasteiger partial charge in [-0.1, -0.05) is 12.8 Å². The van der Waals surface area contributed by atoms with Gasteiger partial charge >= 0.3 is 6.03 Å². The van der Waals surface area contributed by atoms with E-state index in [1.807, 2.05) is 29.2 Å². The maximum absolute atomic E-state index is 12.5. The number of methoxy groups -OCH3 is 1. The lowest BCUT2D eigenvalue weighted by atomic mass is 10.2. The lowest BCUT2D eigenvalue weighted by molar-refractivity contribution is -0.132. The summed E-state index contributed by atoms with van der Waals surface area (Å²) in [5.41, 5.74) is 0.750. The van der Waals surface area contributed by atoms with Crippen molar-refractivity contribution in [2.75, 3.05) is 58.2 Å². The minimum Gasteiger partial charge on any atom is -0.497 e. The number of benzene rings is 1. The van der Waals surface area contributed by atoms with E-state index >= 15 is 0 Å². The van der Waals surface area contributed by atoms with Gasteiger partial charge in [-0.3, -0.25) is 9.69 Å². The number of anilines is 1. The summed E-state index contributed by atoms with van der Waals surface area (Å²) in [5.74, 6) is 0.990. The summed E-state index contributed by atoms with van der Waals surface area (Å²) >= 11 is 0. The predicted octanol–water partition coefficient (Wildman–Crippen LogP) is 2.25. The molecular formula is C20H30N4O3. The lowest BCUT2D eigenvalue weighted by Gasteiger charge is -2.35. The Bertz CT molecular complexity index is 619. The van der Waals surface area contributed by atoms with Gasteiger partial charge in [0.05, 0.1) is 13.7 Å². The monoisotopic (exact) mass is 374 g/mol. The van der Waals surface area contributed by atoms with Crippen molar-refractivity contribution in [2.24, 2.45) is 0 Å². The predicted molar refractivity (Wildman–Crippen MR) is 105 cm³/mol. The maximum Gasteiger partial charge on any atom is 0.321 e. The van der Waals surface area contributed by atoms with Crippen molar-refractivity contribution in [2.45, 2.75) is 25.7 Å². The molecule has 7 nitrogen and oxygen atoms in total. The maximum atomic E-state index is 12.5. The van der Waals surface area contributed by atoms with E-state index in [-0.39, 0.29) is 11.9 Å². The minimum absolute atomic E-state index is 0.0985. The van der Waals surface area contributed by atoms with Crippen molar-refractivity contribution in [1.82, 2.24) is 14.7 Å². The molecule has 2 fully saturated rings. The van der Waals surface area contributed by atoms with Gasteiger partial charge in [-0.25, -0.2) is 4.79 Å². The fourth-order valence-corrected chi connectivity index (χ4v) is 3.60. The van der Waals surface area contributed by atoms with Gasteiger partial charge in [0.15, 0.2) is 0 Å². The summed E-state index contributed by atoms with van der Waals surface area (Å²) in [6.07, 6.45) is 4.69. The molecule has 1 N–H and O–H groups in total. The van der Waals surface area contributed by atoms with Gasteiger partial charge in [-0.05, 0) is 37.1 Å². The van der Waals surface area contributed by atoms with Crippen LogP contribution in [0.2, 0.25) is 0 Å². The van der Waals surface area contributed by atoms with Gasteiger partial charge in [-0.2, -0.15) is 0 Å². The normalized spacial score (nSPS) is 18.7. The van der Waals surface area contributed by atoms with E-state index in [0.29, 0.717) is 19.6 Å². The van der Waals surface area contributed by atoms with Crippen LogP contribution in [0.4, 0.5) is 10.5 Å². The summed E-state index contributed by atoms with van der Waals surface area (Å²) in [6.45, 7) is 4.98. The zero-order valence-corrected chi connectivity index (χ0v) is 16.2. The van der Waals surface area contributed by atoms with E-state index < -0.39 is 0 Å². The highest BCUT2D eigenvalue weighted by molar-refractivity contribution is 5.89. The second-order valence-electron chi connectivity index (χ2n) is 7.22. The van der Waals surface area contributed by atoms with Gasteiger partial charge in [0.1, 0.15) is 5.75 Å². The molecule has 2 aliphatic rings. The first kappa shape index (κ1) is 19.5. The molecule has 148 valence electrons. The molecular weight excluding hydrogens is 344 g/mol. The Balaban J connectivity index is 1.42. The zero-order valence-electron chi connectivity index (χ0n) is 16.2. The molecule has 0 spiro atoms. The van der Waals surface area contributed by atoms with E-state index in [9.17, 15) is 9.59 Å². The number of piperazine rings is 1. The lowest BCUT2D eigenvalue weighted by Crippen LogP contribution is -2.52. The average Bonchev–Trinajstić information content (AvgIpc) is 2.99. The Kier molecular flexibility index (Phi) is 6.92. The first-order valence-electron chi connectivity index (χ1n) is 9.86. The molecule has 7 heteroatoms. The Morgan fingerprint density at radius 1 is 0.889 bits per heavy atom. The third-order valence-electron chi connectivity index (χ3n) is 5.32.